The molecule has 0 aromatic heterocycles. The Balaban J connectivity index is 4.89. The predicted octanol–water partition coefficient (Wildman–Crippen LogP) is 0.406. The number of carbonyl (C=O) groups excluding carboxylic acids is 2. The number of Topliss-reactive ketones (excluding diaryl/α,β-unsaturated/α-hetero) is 2. The zero-order chi connectivity index (χ0) is 12.2. The fraction of sp³-hybridized carbons (Fsp3) is 0.818. The first-order valence-corrected chi connectivity index (χ1v) is 5.19. The third-order valence-electron chi connectivity index (χ3n) is 2.32. The summed E-state index contributed by atoms with van der Waals surface area (Å²) in [6, 6.07) is 0. The Hall–Kier alpha value is -0.740. The van der Waals surface area contributed by atoms with Crippen molar-refractivity contribution in [2.75, 3.05) is 6.61 Å². The minimum atomic E-state index is -1.28. The lowest BCUT2D eigenvalue weighted by Crippen LogP contribution is -2.41. The summed E-state index contributed by atoms with van der Waals surface area (Å²) in [6.07, 6.45) is -1.28. The minimum absolute atomic E-state index is 0.310. The average molecular weight is 216 g/mol. The van der Waals surface area contributed by atoms with Crippen LogP contribution in [-0.4, -0.2) is 34.5 Å². The van der Waals surface area contributed by atoms with E-state index in [1.807, 2.05) is 0 Å². The van der Waals surface area contributed by atoms with Gasteiger partial charge in [0.05, 0.1) is 12.7 Å². The molecule has 0 saturated carbocycles. The fourth-order valence-electron chi connectivity index (χ4n) is 1.34. The van der Waals surface area contributed by atoms with Crippen LogP contribution in [0.25, 0.3) is 0 Å². The van der Waals surface area contributed by atoms with Crippen LogP contribution in [-0.2, 0) is 9.59 Å². The second kappa shape index (κ2) is 5.98. The van der Waals surface area contributed by atoms with Gasteiger partial charge in [0.25, 0.3) is 0 Å². The van der Waals surface area contributed by atoms with E-state index in [4.69, 9.17) is 5.11 Å². The molecule has 2 N–H and O–H groups in total. The smallest absolute Gasteiger partial charge is 0.148 e. The first-order chi connectivity index (χ1) is 6.82. The van der Waals surface area contributed by atoms with Crippen molar-refractivity contribution in [2.45, 2.75) is 33.8 Å². The van der Waals surface area contributed by atoms with Gasteiger partial charge in [-0.05, 0) is 0 Å². The molecule has 0 saturated heterocycles. The van der Waals surface area contributed by atoms with Crippen molar-refractivity contribution < 1.29 is 19.8 Å². The van der Waals surface area contributed by atoms with Crippen molar-refractivity contribution in [3.05, 3.63) is 0 Å². The molecule has 0 amide bonds. The quantitative estimate of drug-likeness (QED) is 0.630. The first-order valence-electron chi connectivity index (χ1n) is 5.19. The van der Waals surface area contributed by atoms with Crippen molar-refractivity contribution in [1.29, 1.82) is 0 Å². The fourth-order valence-corrected chi connectivity index (χ4v) is 1.34. The normalized spacial score (nSPS) is 13.7. The molecule has 0 radical (unpaired) electrons. The van der Waals surface area contributed by atoms with Crippen LogP contribution in [0.3, 0.4) is 0 Å². The Morgan fingerprint density at radius 3 is 1.53 bits per heavy atom. The maximum absolute atomic E-state index is 11.7. The van der Waals surface area contributed by atoms with E-state index in [0.717, 1.165) is 0 Å². The number of carbonyl (C=O) groups is 2. The standard InChI is InChI=1S/C11H20O4/c1-6(2)10(14)9(8(13)5-12)11(15)7(3)4/h6-9,12-13H,5H2,1-4H3. The van der Waals surface area contributed by atoms with Crippen molar-refractivity contribution in [2.24, 2.45) is 17.8 Å². The van der Waals surface area contributed by atoms with Crippen LogP contribution in [0.5, 0.6) is 0 Å². The lowest BCUT2D eigenvalue weighted by molar-refractivity contribution is -0.142. The van der Waals surface area contributed by atoms with Gasteiger partial charge in [-0.25, -0.2) is 0 Å². The number of rotatable bonds is 6. The highest BCUT2D eigenvalue weighted by atomic mass is 16.3. The molecule has 4 nitrogen and oxygen atoms in total. The third-order valence-corrected chi connectivity index (χ3v) is 2.32. The summed E-state index contributed by atoms with van der Waals surface area (Å²) >= 11 is 0. The van der Waals surface area contributed by atoms with Crippen LogP contribution in [0.2, 0.25) is 0 Å². The van der Waals surface area contributed by atoms with Gasteiger partial charge in [-0.15, -0.1) is 0 Å². The first kappa shape index (κ1) is 14.3. The summed E-state index contributed by atoms with van der Waals surface area (Å²) in [5.74, 6) is -2.35. The van der Waals surface area contributed by atoms with Gasteiger partial charge in [0.15, 0.2) is 0 Å². The highest BCUT2D eigenvalue weighted by Gasteiger charge is 2.35. The predicted molar refractivity (Wildman–Crippen MR) is 56.3 cm³/mol. The topological polar surface area (TPSA) is 74.6 Å². The molecule has 0 bridgehead atoms. The summed E-state index contributed by atoms with van der Waals surface area (Å²) in [5.41, 5.74) is 0. The summed E-state index contributed by atoms with van der Waals surface area (Å²) in [5, 5.41) is 18.3. The highest BCUT2D eigenvalue weighted by molar-refractivity contribution is 6.04. The molecule has 0 heterocycles. The van der Waals surface area contributed by atoms with Gasteiger partial charge in [0, 0.05) is 11.8 Å². The number of ketones is 2. The van der Waals surface area contributed by atoms with E-state index in [-0.39, 0.29) is 23.4 Å². The largest absolute Gasteiger partial charge is 0.394 e. The third kappa shape index (κ3) is 3.72. The van der Waals surface area contributed by atoms with E-state index in [0.29, 0.717) is 0 Å². The Morgan fingerprint density at radius 1 is 1.00 bits per heavy atom. The SMILES string of the molecule is CC(C)C(=O)C(C(=O)C(C)C)C(O)CO. The van der Waals surface area contributed by atoms with Crippen molar-refractivity contribution in [3.63, 3.8) is 0 Å². The van der Waals surface area contributed by atoms with Gasteiger partial charge >= 0.3 is 0 Å². The maximum atomic E-state index is 11.7. The van der Waals surface area contributed by atoms with Crippen LogP contribution >= 0.6 is 0 Å². The Labute approximate surface area is 90.3 Å². The molecule has 1 atom stereocenters. The number of hydrogen-bond donors (Lipinski definition) is 2. The van der Waals surface area contributed by atoms with Crippen molar-refractivity contribution in [1.82, 2.24) is 0 Å². The minimum Gasteiger partial charge on any atom is -0.394 e. The molecule has 0 aromatic carbocycles. The summed E-state index contributed by atoms with van der Waals surface area (Å²) in [6.45, 7) is 6.13. The van der Waals surface area contributed by atoms with Gasteiger partial charge in [-0.1, -0.05) is 27.7 Å². The second-order valence-corrected chi connectivity index (χ2v) is 4.34. The monoisotopic (exact) mass is 216 g/mol. The van der Waals surface area contributed by atoms with Gasteiger partial charge in [-0.2, -0.15) is 0 Å². The van der Waals surface area contributed by atoms with E-state index < -0.39 is 18.6 Å². The lowest BCUT2D eigenvalue weighted by atomic mass is 9.83. The zero-order valence-corrected chi connectivity index (χ0v) is 9.73. The number of aliphatic hydroxyl groups excluding tert-OH is 2. The molecule has 0 aliphatic heterocycles. The lowest BCUT2D eigenvalue weighted by Gasteiger charge is -2.22. The molecule has 0 aliphatic rings. The van der Waals surface area contributed by atoms with Gasteiger partial charge in [0.1, 0.15) is 17.5 Å². The second-order valence-electron chi connectivity index (χ2n) is 4.34. The van der Waals surface area contributed by atoms with Crippen LogP contribution in [0.1, 0.15) is 27.7 Å². The molecular formula is C11H20O4. The van der Waals surface area contributed by atoms with Gasteiger partial charge in [0.2, 0.25) is 0 Å². The number of aliphatic hydroxyl groups is 2. The van der Waals surface area contributed by atoms with Crippen molar-refractivity contribution >= 4 is 11.6 Å². The average Bonchev–Trinajstić information content (AvgIpc) is 2.16. The van der Waals surface area contributed by atoms with E-state index >= 15 is 0 Å². The van der Waals surface area contributed by atoms with E-state index in [2.05, 4.69) is 0 Å². The van der Waals surface area contributed by atoms with Crippen LogP contribution < -0.4 is 0 Å². The van der Waals surface area contributed by atoms with Crippen molar-refractivity contribution in [3.8, 4) is 0 Å². The number of hydrogen-bond acceptors (Lipinski definition) is 4. The van der Waals surface area contributed by atoms with Gasteiger partial charge < -0.3 is 10.2 Å². The molecule has 0 fully saturated rings. The highest BCUT2D eigenvalue weighted by Crippen LogP contribution is 2.17. The molecule has 0 aliphatic carbocycles. The maximum Gasteiger partial charge on any atom is 0.148 e. The van der Waals surface area contributed by atoms with Gasteiger partial charge in [-0.3, -0.25) is 9.59 Å². The zero-order valence-electron chi connectivity index (χ0n) is 9.73. The summed E-state index contributed by atoms with van der Waals surface area (Å²) in [7, 11) is 0. The Kier molecular flexibility index (Phi) is 5.68. The Bertz CT molecular complexity index is 213. The Morgan fingerprint density at radius 2 is 1.33 bits per heavy atom. The molecule has 4 heteroatoms. The summed E-state index contributed by atoms with van der Waals surface area (Å²) in [4.78, 5) is 23.4. The van der Waals surface area contributed by atoms with E-state index in [1.54, 1.807) is 27.7 Å². The van der Waals surface area contributed by atoms with E-state index in [1.165, 1.54) is 0 Å². The molecule has 0 rings (SSSR count). The molecule has 15 heavy (non-hydrogen) atoms. The van der Waals surface area contributed by atoms with Crippen LogP contribution in [0.4, 0.5) is 0 Å². The molecule has 0 aromatic rings. The molecular weight excluding hydrogens is 196 g/mol. The molecule has 0 spiro atoms. The van der Waals surface area contributed by atoms with Crippen LogP contribution in [0, 0.1) is 17.8 Å². The van der Waals surface area contributed by atoms with Crippen LogP contribution in [0.15, 0.2) is 0 Å². The molecule has 88 valence electrons. The summed E-state index contributed by atoms with van der Waals surface area (Å²) < 4.78 is 0. The molecule has 1 unspecified atom stereocenters. The van der Waals surface area contributed by atoms with E-state index in [9.17, 15) is 14.7 Å².